The Bertz CT molecular complexity index is 1930. The number of halogens is 4. The first kappa shape index (κ1) is 34.0. The van der Waals surface area contributed by atoms with Crippen molar-refractivity contribution >= 4 is 11.9 Å². The lowest BCUT2D eigenvalue weighted by Gasteiger charge is -2.12. The van der Waals surface area contributed by atoms with E-state index in [1.54, 1.807) is 49.4 Å². The molecule has 0 aliphatic heterocycles. The Kier molecular flexibility index (Phi) is 11.5. The smallest absolute Gasteiger partial charge is 0.330 e. The molecule has 236 valence electrons. The maximum atomic E-state index is 15.2. The van der Waals surface area contributed by atoms with E-state index in [1.165, 1.54) is 12.1 Å². The minimum absolute atomic E-state index is 0.0290. The minimum atomic E-state index is -1.60. The standard InChI is InChI=1S/C39H28F4O4/c1-4-33(44)46-22-20-28-10-6-26(7-11-28)14-15-30-17-18-31(25(3)24-30)35-38(42)36(40)32(37(41)39(35)43)19-16-27-8-12-29(13-9-27)21-23-47-34(45)5-2/h4-13,17-18,24H,1-2,20-23H2,3H3. The SMILES string of the molecule is C=CC(=O)OCCc1ccc(C#Cc2ccc(-c3c(F)c(F)c(C#Cc4ccc(CCOC(=O)C=C)cc4)c(F)c3F)c(C)c2)cc1. The third-order valence-electron chi connectivity index (χ3n) is 6.95. The Balaban J connectivity index is 1.49. The van der Waals surface area contributed by atoms with Gasteiger partial charge in [0.15, 0.2) is 23.3 Å². The molecule has 0 saturated heterocycles. The van der Waals surface area contributed by atoms with E-state index in [0.717, 1.165) is 23.3 Å². The number of aryl methyl sites for hydroxylation is 1. The van der Waals surface area contributed by atoms with E-state index in [2.05, 4.69) is 36.8 Å². The van der Waals surface area contributed by atoms with Gasteiger partial charge in [-0.2, -0.15) is 0 Å². The van der Waals surface area contributed by atoms with Crippen molar-refractivity contribution in [1.82, 2.24) is 0 Å². The van der Waals surface area contributed by atoms with Crippen molar-refractivity contribution in [3.63, 3.8) is 0 Å². The first-order valence-corrected chi connectivity index (χ1v) is 14.4. The summed E-state index contributed by atoms with van der Waals surface area (Å²) in [5.74, 6) is 3.38. The fourth-order valence-corrected chi connectivity index (χ4v) is 4.45. The second kappa shape index (κ2) is 15.9. The normalized spacial score (nSPS) is 10.1. The number of carbonyl (C=O) groups is 2. The van der Waals surface area contributed by atoms with Crippen LogP contribution in [0.25, 0.3) is 11.1 Å². The van der Waals surface area contributed by atoms with E-state index >= 15 is 17.6 Å². The summed E-state index contributed by atoms with van der Waals surface area (Å²) < 4.78 is 70.5. The summed E-state index contributed by atoms with van der Waals surface area (Å²) in [6.45, 7) is 8.59. The Morgan fingerprint density at radius 2 is 1.06 bits per heavy atom. The molecule has 4 aromatic carbocycles. The number of ether oxygens (including phenoxy) is 2. The van der Waals surface area contributed by atoms with Gasteiger partial charge in [0.05, 0.1) is 18.8 Å². The van der Waals surface area contributed by atoms with Crippen LogP contribution < -0.4 is 0 Å². The molecule has 4 nitrogen and oxygen atoms in total. The second-order valence-corrected chi connectivity index (χ2v) is 10.2. The fraction of sp³-hybridized carbons (Fsp3) is 0.128. The Labute approximate surface area is 270 Å². The van der Waals surface area contributed by atoms with Gasteiger partial charge in [-0.05, 0) is 65.6 Å². The van der Waals surface area contributed by atoms with Gasteiger partial charge in [0.2, 0.25) is 0 Å². The molecule has 0 unspecified atom stereocenters. The zero-order valence-corrected chi connectivity index (χ0v) is 25.4. The molecule has 0 N–H and O–H groups in total. The van der Waals surface area contributed by atoms with Crippen LogP contribution >= 0.6 is 0 Å². The van der Waals surface area contributed by atoms with Crippen LogP contribution in [0, 0.1) is 53.9 Å². The van der Waals surface area contributed by atoms with Crippen LogP contribution in [0.15, 0.2) is 92.0 Å². The molecule has 0 atom stereocenters. The fourth-order valence-electron chi connectivity index (χ4n) is 4.45. The van der Waals surface area contributed by atoms with Gasteiger partial charge in [-0.15, -0.1) is 0 Å². The molecule has 47 heavy (non-hydrogen) atoms. The average molecular weight is 637 g/mol. The second-order valence-electron chi connectivity index (χ2n) is 10.2. The van der Waals surface area contributed by atoms with Crippen molar-refractivity contribution in [1.29, 1.82) is 0 Å². The van der Waals surface area contributed by atoms with E-state index in [9.17, 15) is 9.59 Å². The van der Waals surface area contributed by atoms with Crippen LogP contribution in [0.3, 0.4) is 0 Å². The van der Waals surface area contributed by atoms with E-state index in [0.29, 0.717) is 35.1 Å². The van der Waals surface area contributed by atoms with Gasteiger partial charge in [-0.1, -0.05) is 67.2 Å². The maximum Gasteiger partial charge on any atom is 0.330 e. The summed E-state index contributed by atoms with van der Waals surface area (Å²) in [7, 11) is 0. The first-order valence-electron chi connectivity index (χ1n) is 14.4. The summed E-state index contributed by atoms with van der Waals surface area (Å²) in [6, 6.07) is 18.3. The number of esters is 2. The number of hydrogen-bond acceptors (Lipinski definition) is 4. The van der Waals surface area contributed by atoms with Crippen molar-refractivity contribution in [3.05, 3.63) is 154 Å². The lowest BCUT2D eigenvalue weighted by atomic mass is 9.95. The predicted molar refractivity (Wildman–Crippen MR) is 171 cm³/mol. The quantitative estimate of drug-likeness (QED) is 0.0626. The predicted octanol–water partition coefficient (Wildman–Crippen LogP) is 7.56. The van der Waals surface area contributed by atoms with Gasteiger partial charge < -0.3 is 9.47 Å². The third kappa shape index (κ3) is 8.87. The molecule has 0 radical (unpaired) electrons. The van der Waals surface area contributed by atoms with Gasteiger partial charge in [0.1, 0.15) is 5.56 Å². The van der Waals surface area contributed by atoms with Crippen molar-refractivity contribution in [2.24, 2.45) is 0 Å². The van der Waals surface area contributed by atoms with Crippen LogP contribution in [0.1, 0.15) is 38.9 Å². The number of benzene rings is 4. The zero-order valence-electron chi connectivity index (χ0n) is 25.4. The highest BCUT2D eigenvalue weighted by molar-refractivity contribution is 5.81. The van der Waals surface area contributed by atoms with Gasteiger partial charge in [-0.25, -0.2) is 27.2 Å². The van der Waals surface area contributed by atoms with Crippen molar-refractivity contribution in [3.8, 4) is 34.8 Å². The van der Waals surface area contributed by atoms with Crippen LogP contribution in [-0.4, -0.2) is 25.2 Å². The molecular formula is C39H28F4O4. The monoisotopic (exact) mass is 636 g/mol. The van der Waals surface area contributed by atoms with E-state index in [4.69, 9.17) is 9.47 Å². The molecule has 0 heterocycles. The summed E-state index contributed by atoms with van der Waals surface area (Å²) in [5.41, 5.74) is 1.83. The first-order chi connectivity index (χ1) is 22.6. The van der Waals surface area contributed by atoms with Gasteiger partial charge >= 0.3 is 11.9 Å². The summed E-state index contributed by atoms with van der Waals surface area (Å²) in [5, 5.41) is 0. The lowest BCUT2D eigenvalue weighted by Crippen LogP contribution is -2.05. The maximum absolute atomic E-state index is 15.2. The van der Waals surface area contributed by atoms with Crippen molar-refractivity contribution in [2.45, 2.75) is 19.8 Å². The molecule has 0 aliphatic carbocycles. The highest BCUT2D eigenvalue weighted by atomic mass is 19.2. The Morgan fingerprint density at radius 3 is 1.51 bits per heavy atom. The van der Waals surface area contributed by atoms with E-state index in [-0.39, 0.29) is 18.8 Å². The van der Waals surface area contributed by atoms with Crippen LogP contribution in [-0.2, 0) is 31.9 Å². The lowest BCUT2D eigenvalue weighted by molar-refractivity contribution is -0.138. The third-order valence-corrected chi connectivity index (χ3v) is 6.95. The molecule has 0 spiro atoms. The molecular weight excluding hydrogens is 608 g/mol. The summed E-state index contributed by atoms with van der Waals surface area (Å²) in [4.78, 5) is 22.3. The summed E-state index contributed by atoms with van der Waals surface area (Å²) in [6.07, 6.45) is 3.11. The number of rotatable bonds is 9. The van der Waals surface area contributed by atoms with Gasteiger partial charge in [0, 0.05) is 41.7 Å². The molecule has 0 aliphatic rings. The molecule has 0 bridgehead atoms. The van der Waals surface area contributed by atoms with Crippen LogP contribution in [0.4, 0.5) is 17.6 Å². The number of hydrogen-bond donors (Lipinski definition) is 0. The topological polar surface area (TPSA) is 52.6 Å². The van der Waals surface area contributed by atoms with Gasteiger partial charge in [-0.3, -0.25) is 0 Å². The van der Waals surface area contributed by atoms with Crippen molar-refractivity contribution in [2.75, 3.05) is 13.2 Å². The molecule has 0 fully saturated rings. The van der Waals surface area contributed by atoms with E-state index < -0.39 is 46.3 Å². The number of carbonyl (C=O) groups excluding carboxylic acids is 2. The summed E-state index contributed by atoms with van der Waals surface area (Å²) >= 11 is 0. The molecule has 4 rings (SSSR count). The molecule has 4 aromatic rings. The minimum Gasteiger partial charge on any atom is -0.462 e. The highest BCUT2D eigenvalue weighted by Crippen LogP contribution is 2.34. The average Bonchev–Trinajstić information content (AvgIpc) is 3.08. The van der Waals surface area contributed by atoms with Gasteiger partial charge in [0.25, 0.3) is 0 Å². The molecule has 0 saturated carbocycles. The zero-order chi connectivity index (χ0) is 33.9. The van der Waals surface area contributed by atoms with Crippen LogP contribution in [0.5, 0.6) is 0 Å². The van der Waals surface area contributed by atoms with Crippen LogP contribution in [0.2, 0.25) is 0 Å². The molecule has 0 amide bonds. The highest BCUT2D eigenvalue weighted by Gasteiger charge is 2.26. The van der Waals surface area contributed by atoms with Crippen molar-refractivity contribution < 1.29 is 36.6 Å². The molecule has 8 heteroatoms. The Morgan fingerprint density at radius 1 is 0.638 bits per heavy atom. The van der Waals surface area contributed by atoms with E-state index in [1.807, 2.05) is 12.1 Å². The Hall–Kier alpha value is -5.86. The largest absolute Gasteiger partial charge is 0.462 e. The molecule has 0 aromatic heterocycles.